The van der Waals surface area contributed by atoms with Crippen molar-refractivity contribution in [3.63, 3.8) is 0 Å². The molecule has 0 aliphatic heterocycles. The smallest absolute Gasteiger partial charge is 0.0637 e. The Morgan fingerprint density at radius 1 is 1.37 bits per heavy atom. The topological polar surface area (TPSA) is 29.9 Å². The van der Waals surface area contributed by atoms with Gasteiger partial charge in [-0.05, 0) is 30.2 Å². The number of hydrogen-bond donors (Lipinski definition) is 1. The summed E-state index contributed by atoms with van der Waals surface area (Å²) in [5.41, 5.74) is 2.37. The van der Waals surface area contributed by atoms with Crippen molar-refractivity contribution in [2.45, 2.75) is 25.8 Å². The average Bonchev–Trinajstić information content (AvgIpc) is 2.80. The van der Waals surface area contributed by atoms with Crippen molar-refractivity contribution in [1.29, 1.82) is 0 Å². The normalized spacial score (nSPS) is 12.6. The Morgan fingerprint density at radius 2 is 2.21 bits per heavy atom. The van der Waals surface area contributed by atoms with Gasteiger partial charge in [0.2, 0.25) is 0 Å². The molecule has 1 heterocycles. The van der Waals surface area contributed by atoms with Gasteiger partial charge in [-0.25, -0.2) is 0 Å². The molecule has 1 N–H and O–H groups in total. The molecule has 0 amide bonds. The van der Waals surface area contributed by atoms with Crippen LogP contribution in [0, 0.1) is 0 Å². The Labute approximate surface area is 119 Å². The van der Waals surface area contributed by atoms with Crippen molar-refractivity contribution < 1.29 is 0 Å². The standard InChI is InChI=1S/C15H20ClN3/c1-3-15(12-5-4-6-13(16)11-12)17-9-7-14-8-10-19(2)18-14/h4-6,8,10-11,15,17H,3,7,9H2,1-2H3. The lowest BCUT2D eigenvalue weighted by Crippen LogP contribution is -2.23. The predicted molar refractivity (Wildman–Crippen MR) is 79.4 cm³/mol. The Balaban J connectivity index is 1.89. The van der Waals surface area contributed by atoms with Crippen molar-refractivity contribution in [1.82, 2.24) is 15.1 Å². The van der Waals surface area contributed by atoms with Gasteiger partial charge in [-0.15, -0.1) is 0 Å². The number of nitrogens with one attached hydrogen (secondary N) is 1. The first-order valence-electron chi connectivity index (χ1n) is 6.66. The molecule has 1 atom stereocenters. The van der Waals surface area contributed by atoms with E-state index in [1.165, 1.54) is 5.56 Å². The fourth-order valence-corrected chi connectivity index (χ4v) is 2.39. The predicted octanol–water partition coefficient (Wildman–Crippen LogP) is 3.36. The Kier molecular flexibility index (Phi) is 5.00. The summed E-state index contributed by atoms with van der Waals surface area (Å²) < 4.78 is 1.84. The van der Waals surface area contributed by atoms with Gasteiger partial charge in [0.1, 0.15) is 0 Å². The molecule has 0 saturated heterocycles. The zero-order valence-corrected chi connectivity index (χ0v) is 12.2. The highest BCUT2D eigenvalue weighted by Crippen LogP contribution is 2.20. The lowest BCUT2D eigenvalue weighted by molar-refractivity contribution is 0.519. The van der Waals surface area contributed by atoms with Crippen molar-refractivity contribution in [3.05, 3.63) is 52.8 Å². The fourth-order valence-electron chi connectivity index (χ4n) is 2.19. The van der Waals surface area contributed by atoms with Gasteiger partial charge in [0.05, 0.1) is 5.69 Å². The van der Waals surface area contributed by atoms with Crippen LogP contribution in [-0.2, 0) is 13.5 Å². The van der Waals surface area contributed by atoms with Crippen LogP contribution in [0.25, 0.3) is 0 Å². The van der Waals surface area contributed by atoms with Crippen LogP contribution in [0.15, 0.2) is 36.5 Å². The van der Waals surface area contributed by atoms with E-state index < -0.39 is 0 Å². The fraction of sp³-hybridized carbons (Fsp3) is 0.400. The van der Waals surface area contributed by atoms with Crippen molar-refractivity contribution in [2.75, 3.05) is 6.54 Å². The Bertz CT molecular complexity index is 522. The number of rotatable bonds is 6. The lowest BCUT2D eigenvalue weighted by Gasteiger charge is -2.17. The molecule has 0 aliphatic rings. The number of benzene rings is 1. The van der Waals surface area contributed by atoms with E-state index in [1.54, 1.807) is 0 Å². The van der Waals surface area contributed by atoms with Crippen molar-refractivity contribution >= 4 is 11.6 Å². The largest absolute Gasteiger partial charge is 0.310 e. The molecule has 3 nitrogen and oxygen atoms in total. The van der Waals surface area contributed by atoms with Crippen molar-refractivity contribution in [3.8, 4) is 0 Å². The number of halogens is 1. The lowest BCUT2D eigenvalue weighted by atomic mass is 10.0. The summed E-state index contributed by atoms with van der Waals surface area (Å²) in [5.74, 6) is 0. The molecule has 0 spiro atoms. The Morgan fingerprint density at radius 3 is 2.84 bits per heavy atom. The molecule has 0 radical (unpaired) electrons. The number of nitrogens with zero attached hydrogens (tertiary/aromatic N) is 2. The third-order valence-corrected chi connectivity index (χ3v) is 3.44. The highest BCUT2D eigenvalue weighted by atomic mass is 35.5. The van der Waals surface area contributed by atoms with Gasteiger partial charge >= 0.3 is 0 Å². The second kappa shape index (κ2) is 6.73. The summed E-state index contributed by atoms with van der Waals surface area (Å²) >= 11 is 6.04. The maximum absolute atomic E-state index is 6.04. The van der Waals surface area contributed by atoms with Gasteiger partial charge in [-0.1, -0.05) is 30.7 Å². The van der Waals surface area contributed by atoms with Gasteiger partial charge < -0.3 is 5.32 Å². The van der Waals surface area contributed by atoms with Crippen LogP contribution >= 0.6 is 11.6 Å². The highest BCUT2D eigenvalue weighted by Gasteiger charge is 2.08. The molecule has 19 heavy (non-hydrogen) atoms. The number of hydrogen-bond acceptors (Lipinski definition) is 2. The van der Waals surface area contributed by atoms with Crippen LogP contribution in [0.3, 0.4) is 0 Å². The molecule has 1 aromatic heterocycles. The van der Waals surface area contributed by atoms with E-state index in [0.717, 1.165) is 30.1 Å². The quantitative estimate of drug-likeness (QED) is 0.877. The van der Waals surface area contributed by atoms with Crippen LogP contribution in [0.4, 0.5) is 0 Å². The molecule has 1 aromatic carbocycles. The third-order valence-electron chi connectivity index (χ3n) is 3.20. The van der Waals surface area contributed by atoms with Gasteiger partial charge in [0.15, 0.2) is 0 Å². The minimum atomic E-state index is 0.349. The summed E-state index contributed by atoms with van der Waals surface area (Å²) in [7, 11) is 1.94. The monoisotopic (exact) mass is 277 g/mol. The first-order chi connectivity index (χ1) is 9.19. The van der Waals surface area contributed by atoms with Crippen molar-refractivity contribution in [2.24, 2.45) is 7.05 Å². The molecule has 0 aliphatic carbocycles. The van der Waals surface area contributed by atoms with E-state index in [4.69, 9.17) is 11.6 Å². The molecule has 0 fully saturated rings. The first kappa shape index (κ1) is 14.1. The van der Waals surface area contributed by atoms with Gasteiger partial charge in [0, 0.05) is 37.3 Å². The first-order valence-corrected chi connectivity index (χ1v) is 7.04. The molecular formula is C15H20ClN3. The van der Waals surface area contributed by atoms with E-state index in [1.807, 2.05) is 36.1 Å². The average molecular weight is 278 g/mol. The van der Waals surface area contributed by atoms with Crippen LogP contribution < -0.4 is 5.32 Å². The molecule has 102 valence electrons. The van der Waals surface area contributed by atoms with Crippen LogP contribution in [0.2, 0.25) is 5.02 Å². The van der Waals surface area contributed by atoms with E-state index in [0.29, 0.717) is 6.04 Å². The van der Waals surface area contributed by atoms with Crippen LogP contribution in [-0.4, -0.2) is 16.3 Å². The maximum Gasteiger partial charge on any atom is 0.0637 e. The molecule has 2 rings (SSSR count). The molecule has 4 heteroatoms. The second-order valence-corrected chi connectivity index (χ2v) is 5.14. The third kappa shape index (κ3) is 4.08. The van der Waals surface area contributed by atoms with Gasteiger partial charge in [-0.3, -0.25) is 4.68 Å². The molecule has 0 bridgehead atoms. The van der Waals surface area contributed by atoms with E-state index in [-0.39, 0.29) is 0 Å². The SMILES string of the molecule is CCC(NCCc1ccn(C)n1)c1cccc(Cl)c1. The van der Waals surface area contributed by atoms with Crippen LogP contribution in [0.5, 0.6) is 0 Å². The van der Waals surface area contributed by atoms with E-state index in [2.05, 4.69) is 29.5 Å². The molecular weight excluding hydrogens is 258 g/mol. The highest BCUT2D eigenvalue weighted by molar-refractivity contribution is 6.30. The second-order valence-electron chi connectivity index (χ2n) is 4.70. The summed E-state index contributed by atoms with van der Waals surface area (Å²) in [4.78, 5) is 0. The minimum absolute atomic E-state index is 0.349. The molecule has 1 unspecified atom stereocenters. The van der Waals surface area contributed by atoms with Gasteiger partial charge in [-0.2, -0.15) is 5.10 Å². The zero-order chi connectivity index (χ0) is 13.7. The Hall–Kier alpha value is -1.32. The van der Waals surface area contributed by atoms with E-state index >= 15 is 0 Å². The number of aryl methyl sites for hydroxylation is 1. The van der Waals surface area contributed by atoms with Gasteiger partial charge in [0.25, 0.3) is 0 Å². The summed E-state index contributed by atoms with van der Waals surface area (Å²) in [6.45, 7) is 3.10. The van der Waals surface area contributed by atoms with Crippen LogP contribution in [0.1, 0.15) is 30.6 Å². The summed E-state index contributed by atoms with van der Waals surface area (Å²) in [5, 5.41) is 8.73. The summed E-state index contributed by atoms with van der Waals surface area (Å²) in [6.07, 6.45) is 3.96. The number of aromatic nitrogens is 2. The summed E-state index contributed by atoms with van der Waals surface area (Å²) in [6, 6.07) is 10.5. The zero-order valence-electron chi connectivity index (χ0n) is 11.4. The minimum Gasteiger partial charge on any atom is -0.310 e. The van der Waals surface area contributed by atoms with E-state index in [9.17, 15) is 0 Å². The molecule has 2 aromatic rings. The maximum atomic E-state index is 6.04. The molecule has 0 saturated carbocycles.